The van der Waals surface area contributed by atoms with Gasteiger partial charge in [0.2, 0.25) is 53.2 Å². The molecule has 80 heavy (non-hydrogen) atoms. The molecular formula is C58H92N10O12. The second-order valence-corrected chi connectivity index (χ2v) is 22.7. The van der Waals surface area contributed by atoms with Crippen molar-refractivity contribution >= 4 is 59.1 Å². The molecule has 0 radical (unpaired) electrons. The Balaban J connectivity index is 2.19. The molecule has 0 heterocycles. The third kappa shape index (κ3) is 20.9. The van der Waals surface area contributed by atoms with E-state index in [0.717, 1.165) is 20.3 Å². The quantitative estimate of drug-likeness (QED) is 0.0568. The van der Waals surface area contributed by atoms with Crippen molar-refractivity contribution < 1.29 is 58.2 Å². The van der Waals surface area contributed by atoms with Gasteiger partial charge in [0.15, 0.2) is 0 Å². The van der Waals surface area contributed by atoms with Gasteiger partial charge in [0, 0.05) is 41.7 Å². The van der Waals surface area contributed by atoms with Crippen molar-refractivity contribution in [3.8, 4) is 0 Å². The number of carbonyl (C=O) groups is 10. The molecule has 9 amide bonds. The first kappa shape index (κ1) is 69.2. The van der Waals surface area contributed by atoms with E-state index in [2.05, 4.69) is 21.3 Å². The molecule has 0 saturated carbocycles. The lowest BCUT2D eigenvalue weighted by Crippen LogP contribution is -2.60. The average molecular weight is 1120 g/mol. The minimum absolute atomic E-state index is 0.00515. The van der Waals surface area contributed by atoms with Crippen molar-refractivity contribution in [3.05, 3.63) is 71.8 Å². The number of aliphatic hydroxyl groups excluding tert-OH is 1. The highest BCUT2D eigenvalue weighted by atomic mass is 16.4. The van der Waals surface area contributed by atoms with Gasteiger partial charge >= 0.3 is 5.97 Å². The van der Waals surface area contributed by atoms with Gasteiger partial charge in [0.05, 0.1) is 18.7 Å². The minimum Gasteiger partial charge on any atom is -0.480 e. The zero-order valence-corrected chi connectivity index (χ0v) is 49.9. The molecule has 2 rings (SSSR count). The monoisotopic (exact) mass is 1120 g/mol. The highest BCUT2D eigenvalue weighted by molar-refractivity contribution is 5.98. The number of aliphatic hydroxyl groups is 1. The van der Waals surface area contributed by atoms with Crippen LogP contribution in [-0.4, -0.2) is 196 Å². The summed E-state index contributed by atoms with van der Waals surface area (Å²) in [7, 11) is 6.98. The van der Waals surface area contributed by atoms with Crippen LogP contribution in [0.5, 0.6) is 0 Å². The molecule has 0 aliphatic carbocycles. The number of nitrogens with zero attached hydrogens (tertiary/aromatic N) is 5. The Hall–Kier alpha value is -6.94. The van der Waals surface area contributed by atoms with Crippen LogP contribution in [-0.2, 0) is 60.8 Å². The molecule has 22 nitrogen and oxygen atoms in total. The summed E-state index contributed by atoms with van der Waals surface area (Å²) in [5, 5.41) is 31.1. The van der Waals surface area contributed by atoms with Crippen molar-refractivity contribution in [2.45, 2.75) is 169 Å². The van der Waals surface area contributed by atoms with E-state index in [1.165, 1.54) is 65.8 Å². The van der Waals surface area contributed by atoms with Crippen LogP contribution in [0.2, 0.25) is 0 Å². The topological polar surface area (TPSA) is 302 Å². The summed E-state index contributed by atoms with van der Waals surface area (Å²) in [5.41, 5.74) is 7.89. The fourth-order valence-corrected chi connectivity index (χ4v) is 9.26. The van der Waals surface area contributed by atoms with Crippen LogP contribution >= 0.6 is 0 Å². The van der Waals surface area contributed by atoms with Gasteiger partial charge in [-0.1, -0.05) is 116 Å². The normalized spacial score (nSPS) is 15.2. The molecular weight excluding hydrogens is 1030 g/mol. The summed E-state index contributed by atoms with van der Waals surface area (Å²) < 4.78 is 0. The number of amides is 9. The molecule has 0 spiro atoms. The highest BCUT2D eigenvalue weighted by Crippen LogP contribution is 2.21. The molecule has 446 valence electrons. The first-order valence-electron chi connectivity index (χ1n) is 27.5. The Morgan fingerprint density at radius 3 is 1.45 bits per heavy atom. The number of benzene rings is 2. The van der Waals surface area contributed by atoms with E-state index in [0.29, 0.717) is 5.56 Å². The van der Waals surface area contributed by atoms with E-state index < -0.39 is 132 Å². The lowest BCUT2D eigenvalue weighted by Gasteiger charge is -2.38. The summed E-state index contributed by atoms with van der Waals surface area (Å²) in [6.45, 7) is 18.1. The number of likely N-dealkylation sites (N-methyl/N-ethyl adjacent to an activating group) is 5. The van der Waals surface area contributed by atoms with Gasteiger partial charge in [-0.05, 0) is 81.3 Å². The smallest absolute Gasteiger partial charge is 0.326 e. The number of hydrogen-bond donors (Lipinski definition) is 7. The predicted octanol–water partition coefficient (Wildman–Crippen LogP) is 1.80. The first-order valence-corrected chi connectivity index (χ1v) is 27.5. The Morgan fingerprint density at radius 2 is 0.975 bits per heavy atom. The maximum atomic E-state index is 14.3. The first-order chi connectivity index (χ1) is 37.2. The molecule has 0 bridgehead atoms. The number of nitrogens with one attached hydrogen (secondary N) is 4. The molecule has 0 saturated heterocycles. The van der Waals surface area contributed by atoms with Gasteiger partial charge in [0.25, 0.3) is 0 Å². The molecule has 2 aromatic rings. The maximum absolute atomic E-state index is 14.3. The van der Waals surface area contributed by atoms with Crippen LogP contribution in [0.1, 0.15) is 107 Å². The fraction of sp³-hybridized carbons (Fsp3) is 0.621. The number of carboxylic acids is 1. The van der Waals surface area contributed by atoms with Gasteiger partial charge in [-0.2, -0.15) is 0 Å². The standard InChI is InChI=1S/C58H92N10O12/c1-33(2)27-43(51(72)62-44(58(79)80)31-41-25-21-18-22-26-41)61-52(73)45(28-34(3)4)66(14)53(74)37(9)60-50(71)38(10)65(13)56(77)48(39(11)69)63-47(70)32-64(12)57(78)49(36(7)8)68(16)55(76)46(29-35(5)6)67(15)54(75)42(59)30-40-23-19-17-20-24-40/h17-26,33-39,42-46,48-49,69H,27-32,59H2,1-16H3,(H,60,71)(H,61,73)(H,62,72)(H,63,70)(H,79,80)/t37-,38-,39+,42-,43-,44-,45-,46-,48-,49-/m0/s1. The molecule has 0 aliphatic rings. The molecule has 22 heteroatoms. The van der Waals surface area contributed by atoms with Crippen molar-refractivity contribution in [1.29, 1.82) is 0 Å². The fourth-order valence-electron chi connectivity index (χ4n) is 9.26. The Bertz CT molecular complexity index is 2400. The summed E-state index contributed by atoms with van der Waals surface area (Å²) in [6.07, 6.45) is -0.648. The van der Waals surface area contributed by atoms with Crippen LogP contribution in [0.4, 0.5) is 0 Å². The highest BCUT2D eigenvalue weighted by Gasteiger charge is 2.41. The van der Waals surface area contributed by atoms with Gasteiger partial charge < -0.3 is 61.7 Å². The van der Waals surface area contributed by atoms with E-state index in [1.807, 2.05) is 71.9 Å². The number of hydrogen-bond acceptors (Lipinski definition) is 12. The molecule has 0 fully saturated rings. The number of carboxylic acid groups (broad SMARTS) is 1. The van der Waals surface area contributed by atoms with Crippen molar-refractivity contribution in [1.82, 2.24) is 45.8 Å². The van der Waals surface area contributed by atoms with Gasteiger partial charge in [0.1, 0.15) is 48.3 Å². The van der Waals surface area contributed by atoms with E-state index in [1.54, 1.807) is 44.2 Å². The van der Waals surface area contributed by atoms with Crippen LogP contribution in [0.25, 0.3) is 0 Å². The maximum Gasteiger partial charge on any atom is 0.326 e. The van der Waals surface area contributed by atoms with Crippen molar-refractivity contribution in [2.75, 3.05) is 41.8 Å². The predicted molar refractivity (Wildman–Crippen MR) is 304 cm³/mol. The number of carbonyl (C=O) groups excluding carboxylic acids is 9. The van der Waals surface area contributed by atoms with E-state index >= 15 is 0 Å². The number of rotatable bonds is 31. The zero-order valence-electron chi connectivity index (χ0n) is 49.9. The molecule has 8 N–H and O–H groups in total. The van der Waals surface area contributed by atoms with E-state index in [4.69, 9.17) is 5.73 Å². The second-order valence-electron chi connectivity index (χ2n) is 22.7. The Morgan fingerprint density at radius 1 is 0.500 bits per heavy atom. The second kappa shape index (κ2) is 32.3. The molecule has 0 aromatic heterocycles. The summed E-state index contributed by atoms with van der Waals surface area (Å²) >= 11 is 0. The largest absolute Gasteiger partial charge is 0.480 e. The Labute approximate surface area is 473 Å². The molecule has 2 aromatic carbocycles. The number of nitrogens with two attached hydrogens (primary N) is 1. The summed E-state index contributed by atoms with van der Waals surface area (Å²) in [4.78, 5) is 143. The zero-order chi connectivity index (χ0) is 61.0. The van der Waals surface area contributed by atoms with E-state index in [9.17, 15) is 58.2 Å². The SMILES string of the molecule is CC(C)C[C@H](NC(=O)[C@H](CC(C)C)N(C)C(=O)[C@H](C)NC(=O)[C@H](C)N(C)C(=O)[C@@H](NC(=O)CN(C)C(=O)[C@H](C(C)C)N(C)C(=O)[C@H](CC(C)C)N(C)C(=O)[C@@H](N)Cc1ccccc1)[C@@H](C)O)C(=O)N[C@@H](Cc1ccccc1)C(=O)O. The lowest BCUT2D eigenvalue weighted by molar-refractivity contribution is -0.152. The van der Waals surface area contributed by atoms with Gasteiger partial charge in [-0.3, -0.25) is 43.2 Å². The molecule has 0 unspecified atom stereocenters. The molecule has 10 atom stereocenters. The summed E-state index contributed by atoms with van der Waals surface area (Å²) in [5.74, 6) is -8.11. The van der Waals surface area contributed by atoms with Crippen LogP contribution in [0.3, 0.4) is 0 Å². The Kier molecular flexibility index (Phi) is 28.0. The van der Waals surface area contributed by atoms with Crippen LogP contribution in [0.15, 0.2) is 60.7 Å². The summed E-state index contributed by atoms with van der Waals surface area (Å²) in [6, 6.07) is 7.33. The number of aliphatic carboxylic acids is 1. The van der Waals surface area contributed by atoms with Gasteiger partial charge in [-0.25, -0.2) is 4.79 Å². The van der Waals surface area contributed by atoms with Crippen LogP contribution < -0.4 is 27.0 Å². The lowest BCUT2D eigenvalue weighted by atomic mass is 9.96. The average Bonchev–Trinajstić information content (AvgIpc) is 3.39. The van der Waals surface area contributed by atoms with Crippen molar-refractivity contribution in [2.24, 2.45) is 29.4 Å². The van der Waals surface area contributed by atoms with Gasteiger partial charge in [-0.15, -0.1) is 0 Å². The third-order valence-corrected chi connectivity index (χ3v) is 14.0. The third-order valence-electron chi connectivity index (χ3n) is 14.0. The van der Waals surface area contributed by atoms with E-state index in [-0.39, 0.29) is 49.9 Å². The molecule has 0 aliphatic heterocycles. The minimum atomic E-state index is -1.60. The van der Waals surface area contributed by atoms with Crippen molar-refractivity contribution in [3.63, 3.8) is 0 Å². The van der Waals surface area contributed by atoms with Crippen LogP contribution in [0, 0.1) is 23.7 Å².